The molecule has 2 heterocycles. The van der Waals surface area contributed by atoms with Gasteiger partial charge in [-0.3, -0.25) is 13.9 Å². The van der Waals surface area contributed by atoms with Crippen molar-refractivity contribution in [3.05, 3.63) is 67.4 Å². The zero-order chi connectivity index (χ0) is 18.8. The summed E-state index contributed by atoms with van der Waals surface area (Å²) in [7, 11) is 3.14. The van der Waals surface area contributed by atoms with Crippen LogP contribution in [0.3, 0.4) is 0 Å². The second kappa shape index (κ2) is 7.68. The number of rotatable bonds is 5. The lowest BCUT2D eigenvalue weighted by Gasteiger charge is -2.14. The van der Waals surface area contributed by atoms with Crippen LogP contribution in [0, 0.1) is 0 Å². The van der Waals surface area contributed by atoms with Gasteiger partial charge in [-0.2, -0.15) is 0 Å². The molecule has 5 nitrogen and oxygen atoms in total. The number of aromatic nitrogens is 3. The van der Waals surface area contributed by atoms with Crippen LogP contribution in [0.4, 0.5) is 0 Å². The predicted molar refractivity (Wildman–Crippen MR) is 107 cm³/mol. The van der Waals surface area contributed by atoms with Crippen molar-refractivity contribution in [2.24, 2.45) is 14.1 Å². The normalized spacial score (nSPS) is 11.2. The van der Waals surface area contributed by atoms with Crippen LogP contribution < -0.4 is 11.2 Å². The van der Waals surface area contributed by atoms with Crippen molar-refractivity contribution in [1.82, 2.24) is 14.1 Å². The van der Waals surface area contributed by atoms with Gasteiger partial charge in [0, 0.05) is 36.0 Å². The summed E-state index contributed by atoms with van der Waals surface area (Å²) in [5, 5.41) is 1.20. The van der Waals surface area contributed by atoms with Gasteiger partial charge in [0.05, 0.1) is 5.39 Å². The molecule has 0 saturated carbocycles. The highest BCUT2D eigenvalue weighted by Gasteiger charge is 2.17. The second-order valence-electron chi connectivity index (χ2n) is 6.19. The Morgan fingerprint density at radius 3 is 2.65 bits per heavy atom. The van der Waals surface area contributed by atoms with E-state index in [0.29, 0.717) is 21.8 Å². The van der Waals surface area contributed by atoms with Gasteiger partial charge in [0.1, 0.15) is 5.65 Å². The first kappa shape index (κ1) is 18.7. The number of nitrogens with zero attached hydrogens (tertiary/aromatic N) is 3. The minimum atomic E-state index is -0.371. The van der Waals surface area contributed by atoms with E-state index in [1.54, 1.807) is 25.0 Å². The molecule has 0 unspecified atom stereocenters. The Morgan fingerprint density at radius 2 is 1.96 bits per heavy atom. The zero-order valence-corrected chi connectivity index (χ0v) is 16.5. The Morgan fingerprint density at radius 1 is 1.19 bits per heavy atom. The fourth-order valence-electron chi connectivity index (χ4n) is 2.94. The van der Waals surface area contributed by atoms with Gasteiger partial charge in [0.25, 0.3) is 5.56 Å². The third-order valence-electron chi connectivity index (χ3n) is 4.29. The molecule has 0 radical (unpaired) electrons. The van der Waals surface area contributed by atoms with E-state index >= 15 is 0 Å². The standard InChI is InChI=1S/C19H20ClN3O2S/c1-4-6-13-10-21-17-15(18(24)23(3)19(25)22(17)2)16(13)26-11-12-7-5-8-14(20)9-12/h5,7-10H,4,6,11H2,1-3H3. The van der Waals surface area contributed by atoms with Gasteiger partial charge in [-0.25, -0.2) is 9.78 Å². The van der Waals surface area contributed by atoms with Gasteiger partial charge in [-0.05, 0) is 29.7 Å². The SMILES string of the molecule is CCCc1cnc2c(c1SCc1cccc(Cl)c1)c(=O)n(C)c(=O)n2C. The summed E-state index contributed by atoms with van der Waals surface area (Å²) in [6.45, 7) is 2.09. The van der Waals surface area contributed by atoms with Crippen LogP contribution in [-0.2, 0) is 26.3 Å². The fraction of sp³-hybridized carbons (Fsp3) is 0.316. The predicted octanol–water partition coefficient (Wildman–Crippen LogP) is 3.53. The Bertz CT molecular complexity index is 1090. The van der Waals surface area contributed by atoms with Crippen molar-refractivity contribution in [3.8, 4) is 0 Å². The molecule has 2 aromatic heterocycles. The van der Waals surface area contributed by atoms with Crippen molar-refractivity contribution in [2.75, 3.05) is 0 Å². The molecule has 3 aromatic rings. The third-order valence-corrected chi connectivity index (χ3v) is 5.75. The fourth-order valence-corrected chi connectivity index (χ4v) is 4.30. The lowest BCUT2D eigenvalue weighted by atomic mass is 10.1. The smallest absolute Gasteiger partial charge is 0.280 e. The first-order valence-corrected chi connectivity index (χ1v) is 9.75. The minimum Gasteiger partial charge on any atom is -0.280 e. The molecule has 0 amide bonds. The zero-order valence-electron chi connectivity index (χ0n) is 15.0. The number of thioether (sulfide) groups is 1. The summed E-state index contributed by atoms with van der Waals surface area (Å²) in [5.74, 6) is 0.683. The molecule has 0 aliphatic rings. The molecule has 3 rings (SSSR count). The van der Waals surface area contributed by atoms with Crippen molar-refractivity contribution < 1.29 is 0 Å². The van der Waals surface area contributed by atoms with Gasteiger partial charge in [0.15, 0.2) is 0 Å². The Labute approximate surface area is 160 Å². The molecule has 136 valence electrons. The molecule has 0 N–H and O–H groups in total. The number of halogens is 1. The molecule has 0 aliphatic heterocycles. The molecule has 0 atom stereocenters. The average Bonchev–Trinajstić information content (AvgIpc) is 2.63. The summed E-state index contributed by atoms with van der Waals surface area (Å²) >= 11 is 7.66. The monoisotopic (exact) mass is 389 g/mol. The van der Waals surface area contributed by atoms with Gasteiger partial charge >= 0.3 is 5.69 Å². The average molecular weight is 390 g/mol. The van der Waals surface area contributed by atoms with E-state index in [4.69, 9.17) is 11.6 Å². The van der Waals surface area contributed by atoms with E-state index in [1.165, 1.54) is 11.6 Å². The van der Waals surface area contributed by atoms with Crippen LogP contribution in [0.15, 0.2) is 44.9 Å². The maximum absolute atomic E-state index is 12.8. The van der Waals surface area contributed by atoms with Crippen LogP contribution in [0.5, 0.6) is 0 Å². The van der Waals surface area contributed by atoms with Gasteiger partial charge < -0.3 is 0 Å². The van der Waals surface area contributed by atoms with Crippen molar-refractivity contribution in [3.63, 3.8) is 0 Å². The Hall–Kier alpha value is -2.05. The van der Waals surface area contributed by atoms with E-state index in [2.05, 4.69) is 11.9 Å². The summed E-state index contributed by atoms with van der Waals surface area (Å²) in [4.78, 5) is 30.3. The largest absolute Gasteiger partial charge is 0.332 e. The molecule has 1 aromatic carbocycles. The molecular weight excluding hydrogens is 370 g/mol. The highest BCUT2D eigenvalue weighted by atomic mass is 35.5. The molecule has 7 heteroatoms. The van der Waals surface area contributed by atoms with Crippen LogP contribution in [-0.4, -0.2) is 14.1 Å². The van der Waals surface area contributed by atoms with Crippen LogP contribution >= 0.6 is 23.4 Å². The molecule has 26 heavy (non-hydrogen) atoms. The van der Waals surface area contributed by atoms with Crippen molar-refractivity contribution in [1.29, 1.82) is 0 Å². The summed E-state index contributed by atoms with van der Waals surface area (Å²) in [6, 6.07) is 7.69. The lowest BCUT2D eigenvalue weighted by molar-refractivity contribution is 0.704. The van der Waals surface area contributed by atoms with Gasteiger partial charge in [-0.15, -0.1) is 11.8 Å². The Balaban J connectivity index is 2.18. The van der Waals surface area contributed by atoms with E-state index in [-0.39, 0.29) is 11.2 Å². The minimum absolute atomic E-state index is 0.304. The van der Waals surface area contributed by atoms with Crippen molar-refractivity contribution >= 4 is 34.4 Å². The molecule has 0 bridgehead atoms. The van der Waals surface area contributed by atoms with Crippen molar-refractivity contribution in [2.45, 2.75) is 30.4 Å². The number of benzene rings is 1. The van der Waals surface area contributed by atoms with Gasteiger partial charge in [0.2, 0.25) is 0 Å². The van der Waals surface area contributed by atoms with E-state index in [0.717, 1.165) is 33.4 Å². The summed E-state index contributed by atoms with van der Waals surface area (Å²) in [5.41, 5.74) is 1.86. The number of hydrogen-bond donors (Lipinski definition) is 0. The van der Waals surface area contributed by atoms with E-state index in [9.17, 15) is 9.59 Å². The topological polar surface area (TPSA) is 56.9 Å². The summed E-state index contributed by atoms with van der Waals surface area (Å²) in [6.07, 6.45) is 3.56. The maximum Gasteiger partial charge on any atom is 0.332 e. The molecule has 0 aliphatic carbocycles. The molecule has 0 fully saturated rings. The summed E-state index contributed by atoms with van der Waals surface area (Å²) < 4.78 is 2.57. The first-order valence-electron chi connectivity index (χ1n) is 8.38. The van der Waals surface area contributed by atoms with Crippen LogP contribution in [0.2, 0.25) is 5.02 Å². The second-order valence-corrected chi connectivity index (χ2v) is 7.61. The van der Waals surface area contributed by atoms with Crippen LogP contribution in [0.1, 0.15) is 24.5 Å². The number of aryl methyl sites for hydroxylation is 2. The highest BCUT2D eigenvalue weighted by Crippen LogP contribution is 2.31. The van der Waals surface area contributed by atoms with Crippen LogP contribution in [0.25, 0.3) is 11.0 Å². The molecule has 0 saturated heterocycles. The molecular formula is C19H20ClN3O2S. The lowest BCUT2D eigenvalue weighted by Crippen LogP contribution is -2.37. The van der Waals surface area contributed by atoms with Gasteiger partial charge in [-0.1, -0.05) is 37.1 Å². The molecule has 0 spiro atoms. The Kier molecular flexibility index (Phi) is 5.53. The quantitative estimate of drug-likeness (QED) is 0.626. The number of pyridine rings is 1. The first-order chi connectivity index (χ1) is 12.4. The van der Waals surface area contributed by atoms with E-state index < -0.39 is 0 Å². The maximum atomic E-state index is 12.8. The number of hydrogen-bond acceptors (Lipinski definition) is 4. The highest BCUT2D eigenvalue weighted by molar-refractivity contribution is 7.98. The van der Waals surface area contributed by atoms with E-state index in [1.807, 2.05) is 24.3 Å². The third kappa shape index (κ3) is 3.44. The number of fused-ring (bicyclic) bond motifs is 1.